The van der Waals surface area contributed by atoms with Gasteiger partial charge in [-0.2, -0.15) is 4.31 Å². The topological polar surface area (TPSA) is 40.6 Å². The van der Waals surface area contributed by atoms with Crippen molar-refractivity contribution in [2.45, 2.75) is 31.6 Å². The van der Waals surface area contributed by atoms with Crippen LogP contribution in [0.2, 0.25) is 0 Å². The number of likely N-dealkylation sites (N-methyl/N-ethyl adjacent to an activating group) is 2. The normalized spacial score (nSPS) is 15.3. The van der Waals surface area contributed by atoms with Crippen LogP contribution < -0.4 is 4.90 Å². The Kier molecular flexibility index (Phi) is 7.76. The van der Waals surface area contributed by atoms with E-state index < -0.39 is 10.0 Å². The predicted molar refractivity (Wildman–Crippen MR) is 155 cm³/mol. The third-order valence-electron chi connectivity index (χ3n) is 6.74. The summed E-state index contributed by atoms with van der Waals surface area (Å²) in [6.45, 7) is 6.58. The molecule has 1 aromatic heterocycles. The lowest BCUT2D eigenvalue weighted by molar-refractivity contribution is -0.869. The summed E-state index contributed by atoms with van der Waals surface area (Å²) in [6, 6.07) is 14.1. The van der Waals surface area contributed by atoms with Gasteiger partial charge in [-0.05, 0) is 60.2 Å². The van der Waals surface area contributed by atoms with E-state index in [1.807, 2.05) is 12.1 Å². The summed E-state index contributed by atoms with van der Waals surface area (Å²) < 4.78 is 29.7. The maximum absolute atomic E-state index is 13.2. The average molecular weight is 525 g/mol. The summed E-state index contributed by atoms with van der Waals surface area (Å²) in [5.74, 6) is 0. The van der Waals surface area contributed by atoms with Crippen molar-refractivity contribution < 1.29 is 12.9 Å². The minimum Gasteiger partial charge on any atom is -0.347 e. The molecule has 0 unspecified atom stereocenters. The van der Waals surface area contributed by atoms with Gasteiger partial charge in [-0.25, -0.2) is 8.42 Å². The second-order valence-electron chi connectivity index (χ2n) is 10.6. The third-order valence-corrected chi connectivity index (χ3v) is 9.79. The van der Waals surface area contributed by atoms with E-state index in [0.29, 0.717) is 11.4 Å². The van der Waals surface area contributed by atoms with Gasteiger partial charge >= 0.3 is 0 Å². The van der Waals surface area contributed by atoms with Crippen LogP contribution in [0.15, 0.2) is 59.6 Å². The molecule has 0 radical (unpaired) electrons. The van der Waals surface area contributed by atoms with Gasteiger partial charge in [0.15, 0.2) is 0 Å². The molecule has 1 aliphatic heterocycles. The van der Waals surface area contributed by atoms with Gasteiger partial charge in [-0.1, -0.05) is 37.6 Å². The summed E-state index contributed by atoms with van der Waals surface area (Å²) in [5, 5.41) is 1.11. The number of sulfonamides is 1. The Morgan fingerprint density at radius 1 is 1.11 bits per heavy atom. The van der Waals surface area contributed by atoms with E-state index in [2.05, 4.69) is 82.5 Å². The molecular weight excluding hydrogens is 486 g/mol. The quantitative estimate of drug-likeness (QED) is 0.313. The molecule has 0 bridgehead atoms. The lowest BCUT2D eigenvalue weighted by atomic mass is 9.98. The summed E-state index contributed by atoms with van der Waals surface area (Å²) in [4.78, 5) is 3.85. The Morgan fingerprint density at radius 2 is 1.86 bits per heavy atom. The highest BCUT2D eigenvalue weighted by atomic mass is 32.2. The van der Waals surface area contributed by atoms with Crippen LogP contribution in [-0.2, 0) is 10.0 Å². The summed E-state index contributed by atoms with van der Waals surface area (Å²) in [7, 11) is 4.34. The Bertz CT molecular complexity index is 1410. The van der Waals surface area contributed by atoms with Crippen molar-refractivity contribution in [3.05, 3.63) is 70.7 Å². The fraction of sp³-hybridized carbons (Fsp3) is 0.379. The van der Waals surface area contributed by atoms with E-state index in [0.717, 1.165) is 39.0 Å². The molecule has 2 aromatic carbocycles. The van der Waals surface area contributed by atoms with Crippen LogP contribution in [0.1, 0.15) is 35.8 Å². The number of unbranched alkanes of at least 4 members (excludes halogenated alkanes) is 1. The third kappa shape index (κ3) is 5.59. The van der Waals surface area contributed by atoms with Crippen molar-refractivity contribution in [2.75, 3.05) is 52.7 Å². The number of nitrogens with zero attached hydrogens (tertiary/aromatic N) is 3. The smallest absolute Gasteiger partial charge is 0.243 e. The highest BCUT2D eigenvalue weighted by Gasteiger charge is 2.24. The number of allylic oxidation sites excluding steroid dienone is 2. The number of fused-ring (bicyclic) bond motifs is 2. The highest BCUT2D eigenvalue weighted by Crippen LogP contribution is 2.38. The van der Waals surface area contributed by atoms with E-state index in [-0.39, 0.29) is 0 Å². The standard InChI is InChI=1S/C29H38N3O2S2/c1-7-8-16-31-17-15-23(26-11-9-10-12-27(26)31)20-28-22(2)25-14-13-24(21-29(25)35-28)36(33,34)30(3)18-19-32(4,5)6/h9-15,17,20-21H,7-8,16,18-19H2,1-6H3/q+1. The van der Waals surface area contributed by atoms with Gasteiger partial charge in [0, 0.05) is 40.6 Å². The molecule has 1 aliphatic rings. The molecule has 0 aliphatic carbocycles. The van der Waals surface area contributed by atoms with E-state index in [1.54, 1.807) is 24.5 Å². The Morgan fingerprint density at radius 3 is 2.58 bits per heavy atom. The molecule has 0 amide bonds. The van der Waals surface area contributed by atoms with Crippen molar-refractivity contribution in [1.29, 1.82) is 0 Å². The van der Waals surface area contributed by atoms with Crippen LogP contribution in [0.3, 0.4) is 0 Å². The molecule has 3 aromatic rings. The zero-order chi connectivity index (χ0) is 26.1. The van der Waals surface area contributed by atoms with Gasteiger partial charge in [0.2, 0.25) is 10.0 Å². The monoisotopic (exact) mass is 524 g/mol. The first-order chi connectivity index (χ1) is 17.0. The number of thiophene rings is 1. The summed E-state index contributed by atoms with van der Waals surface area (Å²) in [5.41, 5.74) is 4.84. The van der Waals surface area contributed by atoms with Gasteiger partial charge in [-0.3, -0.25) is 0 Å². The lowest BCUT2D eigenvalue weighted by Gasteiger charge is -2.27. The second-order valence-corrected chi connectivity index (χ2v) is 13.7. The SMILES string of the molecule is CCCCN1C=CC(=Cc2sc3cc(S(=O)(=O)N(C)CC[N+](C)(C)C)ccc3c2C)c2ccccc21. The van der Waals surface area contributed by atoms with Crippen LogP contribution >= 0.6 is 11.3 Å². The minimum absolute atomic E-state index is 0.355. The largest absolute Gasteiger partial charge is 0.347 e. The molecule has 192 valence electrons. The van der Waals surface area contributed by atoms with Crippen LogP contribution in [0, 0.1) is 6.92 Å². The molecule has 7 heteroatoms. The Hall–Kier alpha value is -2.45. The van der Waals surface area contributed by atoms with Gasteiger partial charge in [0.1, 0.15) is 0 Å². The number of hydrogen-bond donors (Lipinski definition) is 0. The second kappa shape index (κ2) is 10.5. The number of rotatable bonds is 9. The Balaban J connectivity index is 1.67. The van der Waals surface area contributed by atoms with Crippen LogP contribution in [0.4, 0.5) is 5.69 Å². The maximum atomic E-state index is 13.2. The summed E-state index contributed by atoms with van der Waals surface area (Å²) >= 11 is 1.66. The number of hydrogen-bond acceptors (Lipinski definition) is 4. The van der Waals surface area contributed by atoms with Crippen molar-refractivity contribution in [1.82, 2.24) is 4.31 Å². The molecule has 0 atom stereocenters. The van der Waals surface area contributed by atoms with Gasteiger partial charge in [0.05, 0.1) is 39.1 Å². The summed E-state index contributed by atoms with van der Waals surface area (Å²) in [6.07, 6.45) is 8.94. The fourth-order valence-electron chi connectivity index (χ4n) is 4.36. The molecule has 5 nitrogen and oxygen atoms in total. The number of para-hydroxylation sites is 1. The van der Waals surface area contributed by atoms with Crippen LogP contribution in [0.25, 0.3) is 21.7 Å². The van der Waals surface area contributed by atoms with Crippen molar-refractivity contribution >= 4 is 48.8 Å². The fourth-order valence-corrected chi connectivity index (χ4v) is 6.83. The molecule has 0 saturated heterocycles. The molecule has 0 N–H and O–H groups in total. The molecule has 0 fully saturated rings. The number of benzene rings is 2. The lowest BCUT2D eigenvalue weighted by Crippen LogP contribution is -2.42. The molecule has 0 spiro atoms. The van der Waals surface area contributed by atoms with Gasteiger partial charge in [-0.15, -0.1) is 11.3 Å². The first-order valence-corrected chi connectivity index (χ1v) is 14.8. The first kappa shape index (κ1) is 26.6. The van der Waals surface area contributed by atoms with E-state index in [4.69, 9.17) is 0 Å². The number of quaternary nitrogens is 1. The van der Waals surface area contributed by atoms with Crippen molar-refractivity contribution in [3.63, 3.8) is 0 Å². The maximum Gasteiger partial charge on any atom is 0.243 e. The molecule has 0 saturated carbocycles. The molecule has 2 heterocycles. The Labute approximate surface area is 220 Å². The van der Waals surface area contributed by atoms with Gasteiger partial charge < -0.3 is 9.38 Å². The minimum atomic E-state index is -3.54. The molecular formula is C29H38N3O2S2+. The zero-order valence-corrected chi connectivity index (χ0v) is 23.9. The zero-order valence-electron chi connectivity index (χ0n) is 22.3. The first-order valence-electron chi connectivity index (χ1n) is 12.6. The van der Waals surface area contributed by atoms with E-state index >= 15 is 0 Å². The number of anilines is 1. The van der Waals surface area contributed by atoms with Crippen molar-refractivity contribution in [3.8, 4) is 0 Å². The van der Waals surface area contributed by atoms with Crippen molar-refractivity contribution in [2.24, 2.45) is 0 Å². The number of aryl methyl sites for hydroxylation is 1. The van der Waals surface area contributed by atoms with Crippen LogP contribution in [0.5, 0.6) is 0 Å². The molecule has 4 rings (SSSR count). The highest BCUT2D eigenvalue weighted by molar-refractivity contribution is 7.89. The predicted octanol–water partition coefficient (Wildman–Crippen LogP) is 6.21. The van der Waals surface area contributed by atoms with Crippen LogP contribution in [-0.4, -0.2) is 65.0 Å². The average Bonchev–Trinajstić information content (AvgIpc) is 3.16. The van der Waals surface area contributed by atoms with E-state index in [1.165, 1.54) is 33.1 Å². The molecule has 36 heavy (non-hydrogen) atoms. The van der Waals surface area contributed by atoms with Gasteiger partial charge in [0.25, 0.3) is 0 Å². The van der Waals surface area contributed by atoms with E-state index in [9.17, 15) is 8.42 Å².